The molecule has 4 nitrogen and oxygen atoms in total. The number of primary amides is 1. The lowest BCUT2D eigenvalue weighted by Gasteiger charge is -2.31. The molecule has 2 aromatic rings. The number of nitrogens with two attached hydrogens (primary N) is 1. The van der Waals surface area contributed by atoms with Gasteiger partial charge in [-0.15, -0.1) is 0 Å². The molecule has 1 amide bonds. The van der Waals surface area contributed by atoms with Gasteiger partial charge in [0.25, 0.3) is 0 Å². The molecule has 0 bridgehead atoms. The van der Waals surface area contributed by atoms with E-state index in [0.717, 1.165) is 16.9 Å². The molecule has 0 aliphatic heterocycles. The predicted octanol–water partition coefficient (Wildman–Crippen LogP) is 2.83. The Labute approximate surface area is 137 Å². The lowest BCUT2D eigenvalue weighted by Crippen LogP contribution is -2.55. The number of methoxy groups -OCH3 is 1. The molecule has 122 valence electrons. The molecule has 0 heterocycles. The first-order valence-electron chi connectivity index (χ1n) is 7.70. The highest BCUT2D eigenvalue weighted by atomic mass is 16.5. The van der Waals surface area contributed by atoms with Gasteiger partial charge in [-0.25, -0.2) is 0 Å². The smallest absolute Gasteiger partial charge is 0.237 e. The van der Waals surface area contributed by atoms with Gasteiger partial charge in [0.1, 0.15) is 5.75 Å². The molecule has 0 aromatic heterocycles. The van der Waals surface area contributed by atoms with E-state index in [2.05, 4.69) is 5.32 Å². The zero-order valence-corrected chi connectivity index (χ0v) is 13.9. The maximum Gasteiger partial charge on any atom is 0.237 e. The maximum atomic E-state index is 12.1. The predicted molar refractivity (Wildman–Crippen MR) is 92.3 cm³/mol. The van der Waals surface area contributed by atoms with Crippen LogP contribution in [0.3, 0.4) is 0 Å². The number of carbonyl (C=O) groups excluding carboxylic acids is 1. The van der Waals surface area contributed by atoms with E-state index >= 15 is 0 Å². The van der Waals surface area contributed by atoms with E-state index in [1.54, 1.807) is 7.11 Å². The fourth-order valence-electron chi connectivity index (χ4n) is 2.66. The molecule has 0 fully saturated rings. The Morgan fingerprint density at radius 3 is 2.30 bits per heavy atom. The van der Waals surface area contributed by atoms with Crippen LogP contribution in [-0.2, 0) is 11.2 Å². The third-order valence-corrected chi connectivity index (χ3v) is 4.10. The standard InChI is InChI=1S/C19H24N2O2/c1-14(16-7-5-4-6-8-16)21-19(2,18(20)22)13-15-9-11-17(23-3)12-10-15/h4-12,14,21H,13H2,1-3H3,(H2,20,22)/t14-,19?/m0/s1. The van der Waals surface area contributed by atoms with Crippen LogP contribution in [0.2, 0.25) is 0 Å². The Bertz CT molecular complexity index is 640. The van der Waals surface area contributed by atoms with E-state index in [1.807, 2.05) is 68.4 Å². The molecule has 4 heteroatoms. The van der Waals surface area contributed by atoms with Crippen molar-refractivity contribution in [1.82, 2.24) is 5.32 Å². The molecule has 1 unspecified atom stereocenters. The topological polar surface area (TPSA) is 64.3 Å². The van der Waals surface area contributed by atoms with Gasteiger partial charge in [0, 0.05) is 6.04 Å². The summed E-state index contributed by atoms with van der Waals surface area (Å²) in [7, 11) is 1.63. The minimum atomic E-state index is -0.830. The highest BCUT2D eigenvalue weighted by Crippen LogP contribution is 2.21. The van der Waals surface area contributed by atoms with Gasteiger partial charge in [0.15, 0.2) is 0 Å². The molecule has 0 spiro atoms. The van der Waals surface area contributed by atoms with E-state index in [9.17, 15) is 4.79 Å². The van der Waals surface area contributed by atoms with E-state index in [-0.39, 0.29) is 11.9 Å². The SMILES string of the molecule is COc1ccc(CC(C)(N[C@@H](C)c2ccccc2)C(N)=O)cc1. The quantitative estimate of drug-likeness (QED) is 0.826. The highest BCUT2D eigenvalue weighted by Gasteiger charge is 2.32. The number of hydrogen-bond donors (Lipinski definition) is 2. The van der Waals surface area contributed by atoms with Crippen LogP contribution in [0.25, 0.3) is 0 Å². The van der Waals surface area contributed by atoms with Gasteiger partial charge in [-0.05, 0) is 43.5 Å². The Balaban J connectivity index is 2.16. The zero-order chi connectivity index (χ0) is 16.9. The van der Waals surface area contributed by atoms with E-state index in [4.69, 9.17) is 10.5 Å². The highest BCUT2D eigenvalue weighted by molar-refractivity contribution is 5.84. The summed E-state index contributed by atoms with van der Waals surface area (Å²) in [4.78, 5) is 12.1. The number of nitrogens with one attached hydrogen (secondary N) is 1. The number of ether oxygens (including phenoxy) is 1. The van der Waals surface area contributed by atoms with Crippen molar-refractivity contribution in [1.29, 1.82) is 0 Å². The van der Waals surface area contributed by atoms with Gasteiger partial charge < -0.3 is 10.5 Å². The Hall–Kier alpha value is -2.33. The summed E-state index contributed by atoms with van der Waals surface area (Å²) in [6.07, 6.45) is 0.517. The van der Waals surface area contributed by atoms with E-state index < -0.39 is 5.54 Å². The summed E-state index contributed by atoms with van der Waals surface area (Å²) in [5, 5.41) is 3.38. The number of rotatable bonds is 7. The lowest BCUT2D eigenvalue weighted by molar-refractivity contribution is -0.124. The van der Waals surface area contributed by atoms with Gasteiger partial charge in [-0.2, -0.15) is 0 Å². The van der Waals surface area contributed by atoms with Crippen molar-refractivity contribution in [3.05, 3.63) is 65.7 Å². The summed E-state index contributed by atoms with van der Waals surface area (Å²) >= 11 is 0. The molecule has 0 aliphatic rings. The molecular formula is C19H24N2O2. The minimum absolute atomic E-state index is 0.0203. The summed E-state index contributed by atoms with van der Waals surface area (Å²) in [6, 6.07) is 17.7. The third kappa shape index (κ3) is 4.33. The summed E-state index contributed by atoms with van der Waals surface area (Å²) in [5.41, 5.74) is 6.99. The average molecular weight is 312 g/mol. The third-order valence-electron chi connectivity index (χ3n) is 4.10. The van der Waals surface area contributed by atoms with Crippen LogP contribution in [0.1, 0.15) is 31.0 Å². The largest absolute Gasteiger partial charge is 0.497 e. The second kappa shape index (κ2) is 7.29. The van der Waals surface area contributed by atoms with Crippen LogP contribution in [0.15, 0.2) is 54.6 Å². The van der Waals surface area contributed by atoms with Crippen molar-refractivity contribution in [3.63, 3.8) is 0 Å². The van der Waals surface area contributed by atoms with Gasteiger partial charge >= 0.3 is 0 Å². The molecular weight excluding hydrogens is 288 g/mol. The molecule has 0 saturated heterocycles. The number of carbonyl (C=O) groups is 1. The molecule has 0 radical (unpaired) electrons. The first-order chi connectivity index (χ1) is 10.9. The molecule has 2 rings (SSSR count). The first kappa shape index (κ1) is 17.0. The second-order valence-electron chi connectivity index (χ2n) is 6.00. The zero-order valence-electron chi connectivity index (χ0n) is 13.9. The summed E-state index contributed by atoms with van der Waals surface area (Å²) in [5.74, 6) is 0.427. The number of benzene rings is 2. The molecule has 0 saturated carbocycles. The van der Waals surface area contributed by atoms with Crippen LogP contribution in [-0.4, -0.2) is 18.6 Å². The number of hydrogen-bond acceptors (Lipinski definition) is 3. The van der Waals surface area contributed by atoms with Gasteiger partial charge in [0.05, 0.1) is 12.6 Å². The second-order valence-corrected chi connectivity index (χ2v) is 6.00. The van der Waals surface area contributed by atoms with Gasteiger partial charge in [0.2, 0.25) is 5.91 Å². The van der Waals surface area contributed by atoms with E-state index in [0.29, 0.717) is 6.42 Å². The lowest BCUT2D eigenvalue weighted by atomic mass is 9.90. The first-order valence-corrected chi connectivity index (χ1v) is 7.70. The van der Waals surface area contributed by atoms with Crippen molar-refractivity contribution in [2.45, 2.75) is 31.8 Å². The van der Waals surface area contributed by atoms with Gasteiger partial charge in [-0.3, -0.25) is 10.1 Å². The molecule has 23 heavy (non-hydrogen) atoms. The molecule has 2 atom stereocenters. The van der Waals surface area contributed by atoms with Gasteiger partial charge in [-0.1, -0.05) is 42.5 Å². The summed E-state index contributed by atoms with van der Waals surface area (Å²) in [6.45, 7) is 3.88. The normalized spacial score (nSPS) is 14.7. The molecule has 2 aromatic carbocycles. The molecule has 0 aliphatic carbocycles. The van der Waals surface area contributed by atoms with Crippen molar-refractivity contribution in [2.24, 2.45) is 5.73 Å². The van der Waals surface area contributed by atoms with Crippen molar-refractivity contribution >= 4 is 5.91 Å². The van der Waals surface area contributed by atoms with Crippen molar-refractivity contribution < 1.29 is 9.53 Å². The monoisotopic (exact) mass is 312 g/mol. The van der Waals surface area contributed by atoms with Crippen LogP contribution >= 0.6 is 0 Å². The Kier molecular flexibility index (Phi) is 5.40. The van der Waals surface area contributed by atoms with Crippen LogP contribution in [0.5, 0.6) is 5.75 Å². The molecule has 3 N–H and O–H groups in total. The van der Waals surface area contributed by atoms with E-state index in [1.165, 1.54) is 0 Å². The maximum absolute atomic E-state index is 12.1. The Morgan fingerprint density at radius 2 is 1.78 bits per heavy atom. The fraction of sp³-hybridized carbons (Fsp3) is 0.316. The Morgan fingerprint density at radius 1 is 1.17 bits per heavy atom. The average Bonchev–Trinajstić information content (AvgIpc) is 2.56. The van der Waals surface area contributed by atoms with Crippen molar-refractivity contribution in [2.75, 3.05) is 7.11 Å². The van der Waals surface area contributed by atoms with Crippen LogP contribution in [0.4, 0.5) is 0 Å². The summed E-state index contributed by atoms with van der Waals surface area (Å²) < 4.78 is 5.16. The van der Waals surface area contributed by atoms with Crippen LogP contribution < -0.4 is 15.8 Å². The fourth-order valence-corrected chi connectivity index (χ4v) is 2.66. The van der Waals surface area contributed by atoms with Crippen molar-refractivity contribution in [3.8, 4) is 5.75 Å². The van der Waals surface area contributed by atoms with Crippen LogP contribution in [0, 0.1) is 0 Å². The number of amides is 1. The minimum Gasteiger partial charge on any atom is -0.497 e.